The number of thiophene rings is 1. The van der Waals surface area contributed by atoms with Crippen molar-refractivity contribution < 1.29 is 0 Å². The molecule has 0 aliphatic rings. The Morgan fingerprint density at radius 3 is 3.18 bits per heavy atom. The van der Waals surface area contributed by atoms with Gasteiger partial charge in [0.1, 0.15) is 0 Å². The molecule has 0 saturated heterocycles. The number of aromatic nitrogens is 2. The molecule has 56 valence electrons. The summed E-state index contributed by atoms with van der Waals surface area (Å²) >= 11 is 3.48. The van der Waals surface area contributed by atoms with Crippen LogP contribution in [0.5, 0.6) is 0 Å². The minimum absolute atomic E-state index is 0.0550. The van der Waals surface area contributed by atoms with E-state index in [1.165, 1.54) is 11.3 Å². The molecule has 2 aromatic rings. The van der Waals surface area contributed by atoms with Gasteiger partial charge < -0.3 is 4.98 Å². The lowest BCUT2D eigenvalue weighted by Crippen LogP contribution is -2.07. The average molecular weight is 278 g/mol. The van der Waals surface area contributed by atoms with Gasteiger partial charge in [0.25, 0.3) is 5.56 Å². The quantitative estimate of drug-likeness (QED) is 0.587. The smallest absolute Gasteiger partial charge is 0.260 e. The van der Waals surface area contributed by atoms with Gasteiger partial charge in [0, 0.05) is 10.8 Å². The van der Waals surface area contributed by atoms with Crippen molar-refractivity contribution in [1.29, 1.82) is 0 Å². The summed E-state index contributed by atoms with van der Waals surface area (Å²) in [6.07, 6.45) is 0. The summed E-state index contributed by atoms with van der Waals surface area (Å²) < 4.78 is 0.638. The van der Waals surface area contributed by atoms with Gasteiger partial charge in [-0.3, -0.25) is 4.79 Å². The highest BCUT2D eigenvalue weighted by molar-refractivity contribution is 14.1. The van der Waals surface area contributed by atoms with Crippen LogP contribution in [0, 0.1) is 3.83 Å². The molecule has 0 saturated carbocycles. The number of nitrogens with zero attached hydrogens (tertiary/aromatic N) is 1. The molecule has 0 atom stereocenters. The minimum Gasteiger partial charge on any atom is -0.301 e. The minimum atomic E-state index is -0.0550. The van der Waals surface area contributed by atoms with E-state index in [4.69, 9.17) is 0 Å². The predicted octanol–water partition coefficient (Wildman–Crippen LogP) is 1.59. The summed E-state index contributed by atoms with van der Waals surface area (Å²) in [6.45, 7) is 0. The molecule has 2 aromatic heterocycles. The molecule has 0 radical (unpaired) electrons. The fourth-order valence-electron chi connectivity index (χ4n) is 0.842. The van der Waals surface area contributed by atoms with Crippen molar-refractivity contribution in [1.82, 2.24) is 9.97 Å². The molecule has 0 spiro atoms. The Morgan fingerprint density at radius 2 is 2.36 bits per heavy atom. The second-order valence-corrected chi connectivity index (χ2v) is 3.79. The highest BCUT2D eigenvalue weighted by Crippen LogP contribution is 2.12. The van der Waals surface area contributed by atoms with Crippen molar-refractivity contribution in [2.75, 3.05) is 0 Å². The molecule has 0 fully saturated rings. The largest absolute Gasteiger partial charge is 0.301 e. The summed E-state index contributed by atoms with van der Waals surface area (Å²) in [5, 5.41) is 4.35. The van der Waals surface area contributed by atoms with Crippen LogP contribution in [0.1, 0.15) is 0 Å². The van der Waals surface area contributed by atoms with Crippen LogP contribution in [0.4, 0.5) is 0 Å². The topological polar surface area (TPSA) is 45.8 Å². The summed E-state index contributed by atoms with van der Waals surface area (Å²) in [5.41, 5.74) is 0.726. The average Bonchev–Trinajstić information content (AvgIpc) is 2.34. The Balaban J connectivity index is 3.02. The second kappa shape index (κ2) is 2.56. The van der Waals surface area contributed by atoms with Gasteiger partial charge in [-0.05, 0) is 22.6 Å². The molecule has 5 heteroatoms. The predicted molar refractivity (Wildman–Crippen MR) is 53.0 cm³/mol. The molecular formula is C6H3IN2OS. The van der Waals surface area contributed by atoms with Crippen molar-refractivity contribution in [3.63, 3.8) is 0 Å². The molecule has 0 unspecified atom stereocenters. The zero-order valence-corrected chi connectivity index (χ0v) is 8.27. The van der Waals surface area contributed by atoms with E-state index in [0.717, 1.165) is 5.52 Å². The number of nitrogens with one attached hydrogen (secondary N) is 1. The van der Waals surface area contributed by atoms with Crippen molar-refractivity contribution in [3.8, 4) is 0 Å². The second-order valence-electron chi connectivity index (χ2n) is 2.03. The molecule has 0 aliphatic heterocycles. The van der Waals surface area contributed by atoms with Gasteiger partial charge in [-0.15, -0.1) is 11.3 Å². The monoisotopic (exact) mass is 278 g/mol. The highest BCUT2D eigenvalue weighted by atomic mass is 127. The molecule has 0 amide bonds. The van der Waals surface area contributed by atoms with E-state index in [0.29, 0.717) is 9.22 Å². The van der Waals surface area contributed by atoms with E-state index >= 15 is 0 Å². The molecule has 3 nitrogen and oxygen atoms in total. The summed E-state index contributed by atoms with van der Waals surface area (Å²) in [4.78, 5) is 17.9. The molecule has 0 bridgehead atoms. The maximum Gasteiger partial charge on any atom is 0.260 e. The maximum absolute atomic E-state index is 11.2. The van der Waals surface area contributed by atoms with Crippen molar-refractivity contribution >= 4 is 44.8 Å². The first-order valence-corrected chi connectivity index (χ1v) is 4.91. The van der Waals surface area contributed by atoms with Gasteiger partial charge in [-0.25, -0.2) is 4.98 Å². The van der Waals surface area contributed by atoms with Gasteiger partial charge in [0.15, 0.2) is 3.83 Å². The van der Waals surface area contributed by atoms with Crippen LogP contribution < -0.4 is 5.56 Å². The lowest BCUT2D eigenvalue weighted by Gasteiger charge is -1.88. The van der Waals surface area contributed by atoms with E-state index in [1.807, 2.05) is 28.0 Å². The number of rotatable bonds is 0. The molecule has 2 rings (SSSR count). The first kappa shape index (κ1) is 7.23. The number of hydrogen-bond acceptors (Lipinski definition) is 3. The van der Waals surface area contributed by atoms with Gasteiger partial charge >= 0.3 is 0 Å². The number of aromatic amines is 1. The lowest BCUT2D eigenvalue weighted by molar-refractivity contribution is 1.12. The van der Waals surface area contributed by atoms with Crippen molar-refractivity contribution in [2.24, 2.45) is 0 Å². The Hall–Kier alpha value is -0.430. The van der Waals surface area contributed by atoms with Crippen molar-refractivity contribution in [3.05, 3.63) is 24.9 Å². The Morgan fingerprint density at radius 1 is 1.55 bits per heavy atom. The molecule has 0 aromatic carbocycles. The van der Waals surface area contributed by atoms with Crippen molar-refractivity contribution in [2.45, 2.75) is 0 Å². The molecule has 2 heterocycles. The van der Waals surface area contributed by atoms with Crippen LogP contribution in [0.25, 0.3) is 10.9 Å². The number of hydrogen-bond donors (Lipinski definition) is 1. The Kier molecular flexibility index (Phi) is 1.68. The molecule has 0 aliphatic carbocycles. The normalized spacial score (nSPS) is 10.6. The van der Waals surface area contributed by atoms with Gasteiger partial charge in [0.05, 0.1) is 10.9 Å². The highest BCUT2D eigenvalue weighted by Gasteiger charge is 2.00. The third kappa shape index (κ3) is 1.18. The zero-order valence-electron chi connectivity index (χ0n) is 5.30. The summed E-state index contributed by atoms with van der Waals surface area (Å²) in [5.74, 6) is 0. The summed E-state index contributed by atoms with van der Waals surface area (Å²) in [7, 11) is 0. The molecular weight excluding hydrogens is 275 g/mol. The Labute approximate surface area is 79.6 Å². The molecule has 1 N–H and O–H groups in total. The summed E-state index contributed by atoms with van der Waals surface area (Å²) in [6, 6.07) is 0. The van der Waals surface area contributed by atoms with Crippen LogP contribution in [-0.4, -0.2) is 9.97 Å². The number of H-pyrrole nitrogens is 1. The fourth-order valence-corrected chi connectivity index (χ4v) is 2.09. The van der Waals surface area contributed by atoms with E-state index in [1.54, 1.807) is 5.38 Å². The van der Waals surface area contributed by atoms with Crippen LogP contribution in [0.3, 0.4) is 0 Å². The first-order valence-electron chi connectivity index (χ1n) is 2.89. The third-order valence-electron chi connectivity index (χ3n) is 1.32. The first-order chi connectivity index (χ1) is 5.27. The van der Waals surface area contributed by atoms with E-state index in [9.17, 15) is 4.79 Å². The third-order valence-corrected chi connectivity index (χ3v) is 2.56. The number of halogens is 1. The zero-order chi connectivity index (χ0) is 7.84. The van der Waals surface area contributed by atoms with E-state index in [2.05, 4.69) is 9.97 Å². The maximum atomic E-state index is 11.2. The van der Waals surface area contributed by atoms with Crippen LogP contribution in [-0.2, 0) is 0 Å². The molecule has 11 heavy (non-hydrogen) atoms. The van der Waals surface area contributed by atoms with Crippen LogP contribution in [0.2, 0.25) is 0 Å². The standard InChI is InChI=1S/C6H3IN2OS/c7-6-8-4-2-11-1-3(4)5(10)9-6/h1-2H,(H,8,9,10). The fraction of sp³-hybridized carbons (Fsp3) is 0. The van der Waals surface area contributed by atoms with Crippen LogP contribution in [0.15, 0.2) is 15.6 Å². The van der Waals surface area contributed by atoms with Gasteiger partial charge in [0.2, 0.25) is 0 Å². The van der Waals surface area contributed by atoms with Gasteiger partial charge in [-0.2, -0.15) is 0 Å². The lowest BCUT2D eigenvalue weighted by atomic mass is 10.4. The van der Waals surface area contributed by atoms with Crippen LogP contribution >= 0.6 is 33.9 Å². The Bertz CT molecular complexity index is 447. The van der Waals surface area contributed by atoms with E-state index < -0.39 is 0 Å². The van der Waals surface area contributed by atoms with Gasteiger partial charge in [-0.1, -0.05) is 0 Å². The SMILES string of the molecule is O=c1[nH]c(I)nc2cscc12. The number of fused-ring (bicyclic) bond motifs is 1. The van der Waals surface area contributed by atoms with E-state index in [-0.39, 0.29) is 5.56 Å².